The van der Waals surface area contributed by atoms with Crippen molar-refractivity contribution < 1.29 is 0 Å². The van der Waals surface area contributed by atoms with Gasteiger partial charge < -0.3 is 0 Å². The molecule has 0 saturated carbocycles. The highest BCUT2D eigenvalue weighted by Crippen LogP contribution is 2.28. The van der Waals surface area contributed by atoms with Crippen molar-refractivity contribution in [1.82, 2.24) is 0 Å². The molecular weight excluding hydrogens is 196 g/mol. The van der Waals surface area contributed by atoms with Crippen molar-refractivity contribution in [3.8, 4) is 12.1 Å². The normalized spacial score (nSPS) is 11.6. The number of rotatable bonds is 2. The Bertz CT molecular complexity index is 429. The molecule has 16 heavy (non-hydrogen) atoms. The van der Waals surface area contributed by atoms with Crippen LogP contribution < -0.4 is 0 Å². The molecule has 2 nitrogen and oxygen atoms in total. The number of benzene rings is 1. The third kappa shape index (κ3) is 2.23. The van der Waals surface area contributed by atoms with Crippen LogP contribution in [0.1, 0.15) is 38.8 Å². The summed E-state index contributed by atoms with van der Waals surface area (Å²) in [5, 5.41) is 18.2. The first-order chi connectivity index (χ1) is 7.33. The van der Waals surface area contributed by atoms with Gasteiger partial charge in [-0.05, 0) is 38.8 Å². The molecule has 0 radical (unpaired) electrons. The summed E-state index contributed by atoms with van der Waals surface area (Å²) in [6.07, 6.45) is 0. The van der Waals surface area contributed by atoms with E-state index in [1.807, 2.05) is 52.0 Å². The van der Waals surface area contributed by atoms with Gasteiger partial charge in [-0.1, -0.05) is 24.3 Å². The number of hydrogen-bond donors (Lipinski definition) is 0. The van der Waals surface area contributed by atoms with E-state index in [1.54, 1.807) is 0 Å². The van der Waals surface area contributed by atoms with E-state index < -0.39 is 10.8 Å². The Balaban J connectivity index is 3.28. The van der Waals surface area contributed by atoms with Crippen LogP contribution in [0.5, 0.6) is 0 Å². The fourth-order valence-corrected chi connectivity index (χ4v) is 1.43. The Hall–Kier alpha value is -1.80. The minimum Gasteiger partial charge on any atom is -0.197 e. The molecule has 0 saturated heterocycles. The topological polar surface area (TPSA) is 47.6 Å². The summed E-state index contributed by atoms with van der Waals surface area (Å²) in [5.74, 6) is 0. The molecule has 1 rings (SSSR count). The van der Waals surface area contributed by atoms with Crippen LogP contribution in [-0.4, -0.2) is 0 Å². The summed E-state index contributed by atoms with van der Waals surface area (Å²) in [4.78, 5) is 0. The maximum atomic E-state index is 9.08. The quantitative estimate of drug-likeness (QED) is 0.755. The lowest BCUT2D eigenvalue weighted by Crippen LogP contribution is -2.18. The Kier molecular flexibility index (Phi) is 3.06. The molecule has 0 fully saturated rings. The van der Waals surface area contributed by atoms with E-state index in [4.69, 9.17) is 10.5 Å². The van der Waals surface area contributed by atoms with Crippen LogP contribution in [0, 0.1) is 22.7 Å². The molecule has 0 aliphatic heterocycles. The lowest BCUT2D eigenvalue weighted by Gasteiger charge is -2.21. The molecule has 1 aromatic carbocycles. The minimum atomic E-state index is -0.512. The summed E-state index contributed by atoms with van der Waals surface area (Å²) in [6.45, 7) is 7.52. The Morgan fingerprint density at radius 3 is 1.56 bits per heavy atom. The van der Waals surface area contributed by atoms with Gasteiger partial charge in [-0.15, -0.1) is 0 Å². The second-order valence-electron chi connectivity index (χ2n) is 5.05. The highest BCUT2D eigenvalue weighted by Gasteiger charge is 2.24. The van der Waals surface area contributed by atoms with Crippen molar-refractivity contribution in [3.05, 3.63) is 35.4 Å². The smallest absolute Gasteiger partial charge is 0.0766 e. The SMILES string of the molecule is CC(C)(C#N)c1cccc(C(C)(C)C#N)c1. The van der Waals surface area contributed by atoms with E-state index in [-0.39, 0.29) is 0 Å². The number of nitrogens with zero attached hydrogens (tertiary/aromatic N) is 2. The summed E-state index contributed by atoms with van der Waals surface area (Å²) in [5.41, 5.74) is 0.884. The zero-order chi connectivity index (χ0) is 12.4. The lowest BCUT2D eigenvalue weighted by molar-refractivity contribution is 0.661. The predicted octanol–water partition coefficient (Wildman–Crippen LogP) is 3.29. The Labute approximate surface area is 97.1 Å². The monoisotopic (exact) mass is 212 g/mol. The van der Waals surface area contributed by atoms with E-state index in [2.05, 4.69) is 12.1 Å². The van der Waals surface area contributed by atoms with Crippen LogP contribution >= 0.6 is 0 Å². The van der Waals surface area contributed by atoms with E-state index >= 15 is 0 Å². The molecule has 0 N–H and O–H groups in total. The molecule has 82 valence electrons. The van der Waals surface area contributed by atoms with Crippen LogP contribution in [-0.2, 0) is 10.8 Å². The van der Waals surface area contributed by atoms with Gasteiger partial charge in [0.15, 0.2) is 0 Å². The van der Waals surface area contributed by atoms with Gasteiger partial charge in [-0.3, -0.25) is 0 Å². The molecule has 0 aromatic heterocycles. The molecule has 1 aromatic rings. The maximum Gasteiger partial charge on any atom is 0.0766 e. The highest BCUT2D eigenvalue weighted by molar-refractivity contribution is 5.38. The third-order valence-electron chi connectivity index (χ3n) is 2.86. The van der Waals surface area contributed by atoms with Crippen LogP contribution in [0.4, 0.5) is 0 Å². The summed E-state index contributed by atoms with van der Waals surface area (Å²) < 4.78 is 0. The fraction of sp³-hybridized carbons (Fsp3) is 0.429. The number of hydrogen-bond acceptors (Lipinski definition) is 2. The first kappa shape index (κ1) is 12.3. The third-order valence-corrected chi connectivity index (χ3v) is 2.86. The van der Waals surface area contributed by atoms with Gasteiger partial charge in [0.25, 0.3) is 0 Å². The van der Waals surface area contributed by atoms with Crippen LogP contribution in [0.2, 0.25) is 0 Å². The van der Waals surface area contributed by atoms with Crippen LogP contribution in [0.15, 0.2) is 24.3 Å². The summed E-state index contributed by atoms with van der Waals surface area (Å²) >= 11 is 0. The van der Waals surface area contributed by atoms with Gasteiger partial charge in [0.05, 0.1) is 23.0 Å². The molecule has 2 heteroatoms. The first-order valence-electron chi connectivity index (χ1n) is 5.27. The standard InChI is InChI=1S/C14H16N2/c1-13(2,9-15)11-6-5-7-12(8-11)14(3,4)10-16/h5-8H,1-4H3. The second kappa shape index (κ2) is 3.99. The van der Waals surface area contributed by atoms with Gasteiger partial charge in [0.1, 0.15) is 0 Å². The van der Waals surface area contributed by atoms with Crippen molar-refractivity contribution in [3.63, 3.8) is 0 Å². The van der Waals surface area contributed by atoms with E-state index in [1.165, 1.54) is 0 Å². The molecule has 0 aliphatic rings. The van der Waals surface area contributed by atoms with Gasteiger partial charge in [-0.25, -0.2) is 0 Å². The van der Waals surface area contributed by atoms with Crippen molar-refractivity contribution in [1.29, 1.82) is 10.5 Å². The minimum absolute atomic E-state index is 0.512. The Morgan fingerprint density at radius 2 is 1.25 bits per heavy atom. The molecular formula is C14H16N2. The van der Waals surface area contributed by atoms with Crippen LogP contribution in [0.3, 0.4) is 0 Å². The molecule has 0 unspecified atom stereocenters. The maximum absolute atomic E-state index is 9.08. The lowest BCUT2D eigenvalue weighted by atomic mass is 9.80. The summed E-state index contributed by atoms with van der Waals surface area (Å²) in [7, 11) is 0. The molecule has 0 heterocycles. The van der Waals surface area contributed by atoms with Crippen molar-refractivity contribution in [2.24, 2.45) is 0 Å². The molecule has 0 spiro atoms. The number of nitriles is 2. The van der Waals surface area contributed by atoms with Gasteiger partial charge in [0, 0.05) is 0 Å². The fourth-order valence-electron chi connectivity index (χ4n) is 1.43. The summed E-state index contributed by atoms with van der Waals surface area (Å²) in [6, 6.07) is 12.3. The molecule has 0 atom stereocenters. The average Bonchev–Trinajstić information content (AvgIpc) is 2.29. The molecule has 0 bridgehead atoms. The van der Waals surface area contributed by atoms with E-state index in [9.17, 15) is 0 Å². The average molecular weight is 212 g/mol. The van der Waals surface area contributed by atoms with Crippen molar-refractivity contribution in [2.75, 3.05) is 0 Å². The highest BCUT2D eigenvalue weighted by atomic mass is 14.4. The largest absolute Gasteiger partial charge is 0.197 e. The zero-order valence-electron chi connectivity index (χ0n) is 10.2. The first-order valence-corrected chi connectivity index (χ1v) is 5.27. The van der Waals surface area contributed by atoms with Crippen molar-refractivity contribution >= 4 is 0 Å². The van der Waals surface area contributed by atoms with Gasteiger partial charge >= 0.3 is 0 Å². The van der Waals surface area contributed by atoms with E-state index in [0.29, 0.717) is 0 Å². The van der Waals surface area contributed by atoms with Crippen molar-refractivity contribution in [2.45, 2.75) is 38.5 Å². The van der Waals surface area contributed by atoms with Gasteiger partial charge in [0.2, 0.25) is 0 Å². The van der Waals surface area contributed by atoms with Gasteiger partial charge in [-0.2, -0.15) is 10.5 Å². The molecule has 0 aliphatic carbocycles. The van der Waals surface area contributed by atoms with E-state index in [0.717, 1.165) is 11.1 Å². The zero-order valence-corrected chi connectivity index (χ0v) is 10.2. The Morgan fingerprint density at radius 1 is 0.875 bits per heavy atom. The predicted molar refractivity (Wildman–Crippen MR) is 63.7 cm³/mol. The molecule has 0 amide bonds. The van der Waals surface area contributed by atoms with Crippen LogP contribution in [0.25, 0.3) is 0 Å². The second-order valence-corrected chi connectivity index (χ2v) is 5.05.